The van der Waals surface area contributed by atoms with Crippen molar-refractivity contribution in [3.8, 4) is 0 Å². The minimum absolute atomic E-state index is 0. The first kappa shape index (κ1) is 8.31. The van der Waals surface area contributed by atoms with Crippen molar-refractivity contribution in [1.82, 2.24) is 0 Å². The summed E-state index contributed by atoms with van der Waals surface area (Å²) in [5, 5.41) is 0. The molecule has 1 saturated carbocycles. The summed E-state index contributed by atoms with van der Waals surface area (Å²) >= 11 is 0. The molecule has 0 unspecified atom stereocenters. The number of ether oxygens (including phenoxy) is 1. The van der Waals surface area contributed by atoms with Crippen LogP contribution in [-0.4, -0.2) is 18.8 Å². The summed E-state index contributed by atoms with van der Waals surface area (Å²) in [7, 11) is 0. The lowest BCUT2D eigenvalue weighted by molar-refractivity contribution is 0.107. The highest BCUT2D eigenvalue weighted by Gasteiger charge is 2.34. The third-order valence-corrected chi connectivity index (χ3v) is 2.54. The lowest BCUT2D eigenvalue weighted by Crippen LogP contribution is -2.33. The summed E-state index contributed by atoms with van der Waals surface area (Å²) in [6.07, 6.45) is 4.16. The van der Waals surface area contributed by atoms with Crippen LogP contribution < -0.4 is 5.73 Å². The molecule has 10 heavy (non-hydrogen) atoms. The van der Waals surface area contributed by atoms with Crippen molar-refractivity contribution in [2.75, 3.05) is 6.61 Å². The molecule has 1 aliphatic carbocycles. The Morgan fingerprint density at radius 3 is 2.80 bits per heavy atom. The van der Waals surface area contributed by atoms with E-state index in [2.05, 4.69) is 0 Å². The molecule has 0 amide bonds. The van der Waals surface area contributed by atoms with Gasteiger partial charge in [0, 0.05) is 6.04 Å². The van der Waals surface area contributed by atoms with Gasteiger partial charge < -0.3 is 10.5 Å². The molecule has 1 saturated heterocycles. The second kappa shape index (κ2) is 3.07. The van der Waals surface area contributed by atoms with Crippen LogP contribution in [0.2, 0.25) is 0 Å². The lowest BCUT2D eigenvalue weighted by atomic mass is 9.86. The molecule has 1 aliphatic heterocycles. The average Bonchev–Trinajstić information content (AvgIpc) is 2.25. The number of hydrogen-bond acceptors (Lipinski definition) is 2. The van der Waals surface area contributed by atoms with Crippen LogP contribution in [0.3, 0.4) is 0 Å². The highest BCUT2D eigenvalue weighted by atomic mass is 35.5. The summed E-state index contributed by atoms with van der Waals surface area (Å²) < 4.78 is 5.47. The fraction of sp³-hybridized carbons (Fsp3) is 1.00. The zero-order valence-electron chi connectivity index (χ0n) is 5.95. The van der Waals surface area contributed by atoms with Crippen molar-refractivity contribution in [3.63, 3.8) is 0 Å². The monoisotopic (exact) mass is 163 g/mol. The van der Waals surface area contributed by atoms with Crippen LogP contribution in [0.25, 0.3) is 0 Å². The summed E-state index contributed by atoms with van der Waals surface area (Å²) in [6, 6.07) is 0.434. The van der Waals surface area contributed by atoms with Crippen LogP contribution in [-0.2, 0) is 4.74 Å². The second-order valence-corrected chi connectivity index (χ2v) is 3.19. The minimum Gasteiger partial charge on any atom is -0.378 e. The molecule has 0 spiro atoms. The largest absolute Gasteiger partial charge is 0.378 e. The fourth-order valence-electron chi connectivity index (χ4n) is 1.85. The Hall–Kier alpha value is 0.210. The van der Waals surface area contributed by atoms with Gasteiger partial charge in [0.15, 0.2) is 0 Å². The predicted molar refractivity (Wildman–Crippen MR) is 42.3 cm³/mol. The van der Waals surface area contributed by atoms with Crippen molar-refractivity contribution in [2.24, 2.45) is 11.7 Å². The van der Waals surface area contributed by atoms with E-state index in [-0.39, 0.29) is 12.4 Å². The van der Waals surface area contributed by atoms with Gasteiger partial charge in [0.25, 0.3) is 0 Å². The lowest BCUT2D eigenvalue weighted by Gasteiger charge is -2.22. The van der Waals surface area contributed by atoms with E-state index in [0.29, 0.717) is 18.1 Å². The third kappa shape index (κ3) is 1.29. The molecule has 0 aromatic heterocycles. The zero-order chi connectivity index (χ0) is 6.27. The summed E-state index contributed by atoms with van der Waals surface area (Å²) in [4.78, 5) is 0. The maximum Gasteiger partial charge on any atom is 0.0580 e. The predicted octanol–water partition coefficient (Wildman–Crippen LogP) is 0.934. The maximum atomic E-state index is 5.84. The smallest absolute Gasteiger partial charge is 0.0580 e. The first-order chi connectivity index (χ1) is 4.36. The Bertz CT molecular complexity index is 120. The van der Waals surface area contributed by atoms with E-state index in [9.17, 15) is 0 Å². The summed E-state index contributed by atoms with van der Waals surface area (Å²) in [5.74, 6) is 0.684. The van der Waals surface area contributed by atoms with Crippen molar-refractivity contribution in [3.05, 3.63) is 0 Å². The van der Waals surface area contributed by atoms with Gasteiger partial charge in [-0.3, -0.25) is 0 Å². The molecule has 0 aromatic carbocycles. The highest BCUT2D eigenvalue weighted by Crippen LogP contribution is 2.31. The molecular formula is C7H14ClNO. The van der Waals surface area contributed by atoms with Crippen LogP contribution in [0.4, 0.5) is 0 Å². The van der Waals surface area contributed by atoms with Crippen LogP contribution in [0.15, 0.2) is 0 Å². The van der Waals surface area contributed by atoms with Crippen molar-refractivity contribution in [1.29, 1.82) is 0 Å². The van der Waals surface area contributed by atoms with Crippen molar-refractivity contribution in [2.45, 2.75) is 31.4 Å². The van der Waals surface area contributed by atoms with Gasteiger partial charge in [-0.15, -0.1) is 12.4 Å². The summed E-state index contributed by atoms with van der Waals surface area (Å²) in [5.41, 5.74) is 5.84. The third-order valence-electron chi connectivity index (χ3n) is 2.54. The molecule has 3 heteroatoms. The van der Waals surface area contributed by atoms with E-state index in [1.54, 1.807) is 0 Å². The van der Waals surface area contributed by atoms with E-state index in [0.717, 1.165) is 6.61 Å². The zero-order valence-corrected chi connectivity index (χ0v) is 6.77. The molecule has 1 heterocycles. The van der Waals surface area contributed by atoms with E-state index in [1.165, 1.54) is 19.3 Å². The fourth-order valence-corrected chi connectivity index (χ4v) is 1.85. The van der Waals surface area contributed by atoms with Gasteiger partial charge in [0.1, 0.15) is 0 Å². The molecule has 2 fully saturated rings. The van der Waals surface area contributed by atoms with E-state index >= 15 is 0 Å². The Kier molecular flexibility index (Phi) is 2.55. The number of fused-ring (bicyclic) bond motifs is 2. The topological polar surface area (TPSA) is 35.2 Å². The Balaban J connectivity index is 0.000000500. The van der Waals surface area contributed by atoms with Gasteiger partial charge >= 0.3 is 0 Å². The van der Waals surface area contributed by atoms with Gasteiger partial charge in [-0.1, -0.05) is 0 Å². The van der Waals surface area contributed by atoms with Gasteiger partial charge in [-0.05, 0) is 25.2 Å². The molecular weight excluding hydrogens is 150 g/mol. The van der Waals surface area contributed by atoms with Crippen LogP contribution >= 0.6 is 12.4 Å². The Labute approximate surface area is 67.5 Å². The molecule has 2 nitrogen and oxygen atoms in total. The summed E-state index contributed by atoms with van der Waals surface area (Å²) in [6.45, 7) is 0.922. The Morgan fingerprint density at radius 1 is 1.30 bits per heavy atom. The average molecular weight is 164 g/mol. The Morgan fingerprint density at radius 2 is 2.10 bits per heavy atom. The van der Waals surface area contributed by atoms with Crippen LogP contribution in [0.1, 0.15) is 19.3 Å². The first-order valence-electron chi connectivity index (χ1n) is 3.73. The van der Waals surface area contributed by atoms with E-state index in [4.69, 9.17) is 10.5 Å². The molecule has 3 atom stereocenters. The van der Waals surface area contributed by atoms with Gasteiger partial charge in [0.05, 0.1) is 12.7 Å². The van der Waals surface area contributed by atoms with Crippen LogP contribution in [0.5, 0.6) is 0 Å². The van der Waals surface area contributed by atoms with E-state index < -0.39 is 0 Å². The number of hydrogen-bond donors (Lipinski definition) is 1. The first-order valence-corrected chi connectivity index (χ1v) is 3.73. The number of nitrogens with two attached hydrogens (primary N) is 1. The molecule has 2 N–H and O–H groups in total. The standard InChI is InChI=1S/C7H13NO.ClH/c8-7-2-1-6-3-5(7)4-9-6;/h5-7H,1-4,8H2;1H/t5-,6+,7-;/m0./s1. The van der Waals surface area contributed by atoms with Crippen molar-refractivity contribution >= 4 is 12.4 Å². The van der Waals surface area contributed by atoms with Gasteiger partial charge in [-0.25, -0.2) is 0 Å². The molecule has 2 bridgehead atoms. The van der Waals surface area contributed by atoms with Gasteiger partial charge in [0.2, 0.25) is 0 Å². The molecule has 0 aromatic rings. The molecule has 2 aliphatic rings. The highest BCUT2D eigenvalue weighted by molar-refractivity contribution is 5.85. The minimum atomic E-state index is 0. The SMILES string of the molecule is Cl.N[C@H]1CC[C@@H]2C[C@H]1CO2. The number of halogens is 1. The maximum absolute atomic E-state index is 5.84. The molecule has 0 radical (unpaired) electrons. The number of rotatable bonds is 0. The molecule has 60 valence electrons. The van der Waals surface area contributed by atoms with Gasteiger partial charge in [-0.2, -0.15) is 0 Å². The van der Waals surface area contributed by atoms with E-state index in [1.807, 2.05) is 0 Å². The quantitative estimate of drug-likeness (QED) is 0.577. The van der Waals surface area contributed by atoms with Crippen LogP contribution in [0, 0.1) is 5.92 Å². The second-order valence-electron chi connectivity index (χ2n) is 3.19. The molecule has 2 rings (SSSR count). The van der Waals surface area contributed by atoms with Crippen molar-refractivity contribution < 1.29 is 4.74 Å². The normalized spacial score (nSPS) is 44.7.